The number of nitrogens with one attached hydrogen (secondary N) is 2. The Morgan fingerprint density at radius 1 is 0.453 bits per heavy atom. The lowest BCUT2D eigenvalue weighted by atomic mass is 9.94. The van der Waals surface area contributed by atoms with Crippen LogP contribution in [-0.4, -0.2) is 265 Å². The van der Waals surface area contributed by atoms with Crippen LogP contribution in [0.5, 0.6) is 0 Å². The third-order valence-electron chi connectivity index (χ3n) is 11.6. The van der Waals surface area contributed by atoms with E-state index in [0.29, 0.717) is 6.42 Å². The van der Waals surface area contributed by atoms with Crippen molar-refractivity contribution >= 4 is 11.8 Å². The highest BCUT2D eigenvalue weighted by Crippen LogP contribution is 2.36. The highest BCUT2D eigenvalue weighted by Gasteiger charge is 2.57. The minimum atomic E-state index is -2.09. The van der Waals surface area contributed by atoms with Crippen LogP contribution >= 0.6 is 0 Å². The van der Waals surface area contributed by atoms with Crippen LogP contribution in [0, 0.1) is 0 Å². The molecule has 372 valence electrons. The normalized spacial score (nSPS) is 47.8. The Morgan fingerprint density at radius 3 is 1.50 bits per heavy atom. The van der Waals surface area contributed by atoms with E-state index in [0.717, 1.165) is 6.92 Å². The molecular weight excluding hydrogens is 872 g/mol. The van der Waals surface area contributed by atoms with E-state index in [1.165, 1.54) is 13.8 Å². The van der Waals surface area contributed by atoms with Gasteiger partial charge in [0.25, 0.3) is 0 Å². The van der Waals surface area contributed by atoms with E-state index in [-0.39, 0.29) is 6.61 Å². The molecule has 5 heterocycles. The third-order valence-corrected chi connectivity index (χ3v) is 11.6. The summed E-state index contributed by atoms with van der Waals surface area (Å²) in [5, 5.41) is 145. The van der Waals surface area contributed by atoms with Crippen molar-refractivity contribution in [2.75, 3.05) is 33.0 Å². The van der Waals surface area contributed by atoms with Gasteiger partial charge in [-0.1, -0.05) is 6.92 Å². The van der Waals surface area contributed by atoms with Gasteiger partial charge < -0.3 is 124 Å². The van der Waals surface area contributed by atoms with Gasteiger partial charge in [0, 0.05) is 20.5 Å². The van der Waals surface area contributed by atoms with E-state index in [1.54, 1.807) is 6.92 Å². The predicted molar refractivity (Wildman–Crippen MR) is 202 cm³/mol. The average molecular weight is 937 g/mol. The summed E-state index contributed by atoms with van der Waals surface area (Å²) in [6.07, 6.45) is -39.7. The number of carbonyl (C=O) groups is 2. The molecule has 5 saturated heterocycles. The van der Waals surface area contributed by atoms with Crippen molar-refractivity contribution in [3.05, 3.63) is 0 Å². The van der Waals surface area contributed by atoms with E-state index < -0.39 is 192 Å². The summed E-state index contributed by atoms with van der Waals surface area (Å²) in [6, 6.07) is -2.99. The van der Waals surface area contributed by atoms with Crippen LogP contribution in [0.4, 0.5) is 0 Å². The molecule has 25 atom stereocenters. The number of aliphatic hydroxyl groups excluding tert-OH is 13. The molecule has 0 aromatic rings. The highest BCUT2D eigenvalue weighted by atomic mass is 16.8. The molecular formula is C37H64N2O25. The van der Waals surface area contributed by atoms with Crippen molar-refractivity contribution in [2.24, 2.45) is 0 Å². The maximum atomic E-state index is 12.7. The molecule has 0 bridgehead atoms. The van der Waals surface area contributed by atoms with Gasteiger partial charge in [-0.3, -0.25) is 9.59 Å². The quantitative estimate of drug-likeness (QED) is 0.0644. The largest absolute Gasteiger partial charge is 0.394 e. The van der Waals surface area contributed by atoms with Gasteiger partial charge in [0.2, 0.25) is 11.8 Å². The van der Waals surface area contributed by atoms with Crippen molar-refractivity contribution in [1.82, 2.24) is 10.6 Å². The molecule has 0 aromatic heterocycles. The highest BCUT2D eigenvalue weighted by molar-refractivity contribution is 5.73. The molecule has 5 rings (SSSR count). The minimum absolute atomic E-state index is 0.144. The minimum Gasteiger partial charge on any atom is -0.394 e. The first-order valence-corrected chi connectivity index (χ1v) is 20.9. The predicted octanol–water partition coefficient (Wildman–Crippen LogP) is -9.18. The van der Waals surface area contributed by atoms with Crippen LogP contribution in [0.25, 0.3) is 0 Å². The number of aliphatic hydroxyl groups is 13. The molecule has 2 amide bonds. The van der Waals surface area contributed by atoms with E-state index in [4.69, 9.17) is 47.4 Å². The molecule has 27 heteroatoms. The summed E-state index contributed by atoms with van der Waals surface area (Å²) in [7, 11) is 0. The average Bonchev–Trinajstić information content (AvgIpc) is 3.26. The van der Waals surface area contributed by atoms with Crippen LogP contribution in [0.1, 0.15) is 34.1 Å². The molecule has 10 unspecified atom stereocenters. The van der Waals surface area contributed by atoms with Crippen LogP contribution in [-0.2, 0) is 57.0 Å². The number of rotatable bonds is 17. The lowest BCUT2D eigenvalue weighted by molar-refractivity contribution is -0.389. The van der Waals surface area contributed by atoms with Gasteiger partial charge in [-0.05, 0) is 13.3 Å². The van der Waals surface area contributed by atoms with E-state index in [2.05, 4.69) is 10.6 Å². The first-order valence-electron chi connectivity index (χ1n) is 20.9. The molecule has 0 aromatic carbocycles. The fourth-order valence-corrected chi connectivity index (χ4v) is 8.12. The third kappa shape index (κ3) is 11.6. The summed E-state index contributed by atoms with van der Waals surface area (Å²) in [5.74, 6) is -1.41. The van der Waals surface area contributed by atoms with Crippen molar-refractivity contribution in [3.8, 4) is 0 Å². The molecule has 5 fully saturated rings. The van der Waals surface area contributed by atoms with Crippen molar-refractivity contribution in [1.29, 1.82) is 0 Å². The Kier molecular flexibility index (Phi) is 19.3. The second kappa shape index (κ2) is 23.4. The Morgan fingerprint density at radius 2 is 0.922 bits per heavy atom. The van der Waals surface area contributed by atoms with Gasteiger partial charge in [0.15, 0.2) is 31.5 Å². The number of amides is 2. The van der Waals surface area contributed by atoms with Gasteiger partial charge in [-0.2, -0.15) is 0 Å². The van der Waals surface area contributed by atoms with Gasteiger partial charge in [0.05, 0.1) is 32.5 Å². The van der Waals surface area contributed by atoms with Crippen molar-refractivity contribution in [3.63, 3.8) is 0 Å². The lowest BCUT2D eigenvalue weighted by Gasteiger charge is -2.51. The zero-order chi connectivity index (χ0) is 47.3. The lowest BCUT2D eigenvalue weighted by Crippen LogP contribution is -2.70. The van der Waals surface area contributed by atoms with E-state index in [9.17, 15) is 76.0 Å². The zero-order valence-electron chi connectivity index (χ0n) is 35.4. The zero-order valence-corrected chi connectivity index (χ0v) is 35.4. The molecule has 15 N–H and O–H groups in total. The maximum absolute atomic E-state index is 12.7. The molecule has 0 spiro atoms. The Bertz CT molecular complexity index is 1480. The topological polar surface area (TPSA) is 413 Å². The van der Waals surface area contributed by atoms with Gasteiger partial charge in [0.1, 0.15) is 116 Å². The van der Waals surface area contributed by atoms with Crippen molar-refractivity contribution < 1.29 is 123 Å². The summed E-state index contributed by atoms with van der Waals surface area (Å²) >= 11 is 0. The van der Waals surface area contributed by atoms with Crippen LogP contribution in [0.15, 0.2) is 0 Å². The van der Waals surface area contributed by atoms with Crippen LogP contribution < -0.4 is 10.6 Å². The number of ether oxygens (including phenoxy) is 10. The Balaban J connectivity index is 1.44. The van der Waals surface area contributed by atoms with Crippen LogP contribution in [0.3, 0.4) is 0 Å². The number of hydrogen-bond donors (Lipinski definition) is 15. The molecule has 27 nitrogen and oxygen atoms in total. The SMILES string of the molecule is CCCO[C@@H]1OC(CO)[C@H](O[C@@H]2OC(CO)[C@H](O)[C@H](O[C@@H]3OC(CO)[C@H](O)[C@H](O[C@@H]4OC(CO)[C@H](O)[C@H](O)C4O[C@@H]4OC(C)[C@H](O)[C@@H](O)C4O)C3NC(C)=O)C2O)[C@H](O)C1NC(C)=O. The fraction of sp³-hybridized carbons (Fsp3) is 0.946. The number of hydrogen-bond acceptors (Lipinski definition) is 25. The summed E-state index contributed by atoms with van der Waals surface area (Å²) in [4.78, 5) is 24.8. The van der Waals surface area contributed by atoms with Gasteiger partial charge >= 0.3 is 0 Å². The monoisotopic (exact) mass is 936 g/mol. The van der Waals surface area contributed by atoms with Crippen molar-refractivity contribution in [2.45, 2.75) is 188 Å². The first kappa shape index (κ1) is 53.0. The molecule has 5 aliphatic rings. The summed E-state index contributed by atoms with van der Waals surface area (Å²) < 4.78 is 58.1. The Hall–Kier alpha value is -1.98. The molecule has 0 radical (unpaired) electrons. The maximum Gasteiger partial charge on any atom is 0.217 e. The summed E-state index contributed by atoms with van der Waals surface area (Å²) in [6.45, 7) is 1.90. The first-order chi connectivity index (χ1) is 30.3. The second-order valence-corrected chi connectivity index (χ2v) is 16.3. The molecule has 64 heavy (non-hydrogen) atoms. The molecule has 0 aliphatic carbocycles. The van der Waals surface area contributed by atoms with Gasteiger partial charge in [-0.15, -0.1) is 0 Å². The second-order valence-electron chi connectivity index (χ2n) is 16.3. The Labute approximate surface area is 366 Å². The molecule has 0 saturated carbocycles. The van der Waals surface area contributed by atoms with Crippen LogP contribution in [0.2, 0.25) is 0 Å². The van der Waals surface area contributed by atoms with E-state index in [1.807, 2.05) is 0 Å². The molecule has 5 aliphatic heterocycles. The standard InChI is InChI=1S/C37H64N2O25/c1-5-6-55-33-18(38-12(3)44)24(50)29(17(10-43)60-33)61-36-28(54)31(23(49)16(9-42)58-36)63-34-19(39-13(4)45)30(22(48)15(8-41)57-34)62-37-32(26(52)21(47)14(7-40)59-37)64-35-27(53)25(51)20(46)11(2)56-35/h11,14-37,40-43,46-54H,5-10H2,1-4H3,(H,38,44)(H,39,45)/t11?,14?,15?,16?,17?,18?,19?,20-,21-,22-,23-,24+,25+,26-,27?,28?,29-,30+,31-,32?,33+,34-,35-,36-,37-/m0/s1. The van der Waals surface area contributed by atoms with E-state index >= 15 is 0 Å². The number of carbonyl (C=O) groups excluding carboxylic acids is 2. The van der Waals surface area contributed by atoms with Gasteiger partial charge in [-0.25, -0.2) is 0 Å². The summed E-state index contributed by atoms with van der Waals surface area (Å²) in [5.41, 5.74) is 0. The fourth-order valence-electron chi connectivity index (χ4n) is 8.12. The smallest absolute Gasteiger partial charge is 0.217 e.